The summed E-state index contributed by atoms with van der Waals surface area (Å²) >= 11 is 1.34. The van der Waals surface area contributed by atoms with Crippen LogP contribution in [0, 0.1) is 0 Å². The summed E-state index contributed by atoms with van der Waals surface area (Å²) in [6, 6.07) is 15.1. The van der Waals surface area contributed by atoms with E-state index in [-0.39, 0.29) is 36.6 Å². The number of Topliss-reactive ketones (excluding diaryl/α,β-unsaturated/α-hetero) is 1. The number of hydrogen-bond acceptors (Lipinski definition) is 7. The monoisotopic (exact) mass is 546 g/mol. The summed E-state index contributed by atoms with van der Waals surface area (Å²) in [5, 5.41) is 3.13. The first kappa shape index (κ1) is 26.6. The van der Waals surface area contributed by atoms with E-state index < -0.39 is 18.2 Å². The number of aromatic nitrogens is 1. The van der Waals surface area contributed by atoms with Gasteiger partial charge in [0.1, 0.15) is 12.1 Å². The molecule has 2 saturated heterocycles. The summed E-state index contributed by atoms with van der Waals surface area (Å²) in [7, 11) is 0. The Morgan fingerprint density at radius 2 is 1.92 bits per heavy atom. The Morgan fingerprint density at radius 1 is 1.10 bits per heavy atom. The molecule has 2 fully saturated rings. The molecule has 0 saturated carbocycles. The first-order valence-corrected chi connectivity index (χ1v) is 13.9. The molecule has 2 aliphatic heterocycles. The van der Waals surface area contributed by atoms with Crippen molar-refractivity contribution in [2.75, 3.05) is 13.1 Å². The molecule has 2 aliphatic rings. The number of ether oxygens (including phenoxy) is 1. The molecule has 0 spiro atoms. The number of likely N-dealkylation sites (tertiary alicyclic amines) is 2. The van der Waals surface area contributed by atoms with E-state index in [9.17, 15) is 19.2 Å². The van der Waals surface area contributed by atoms with E-state index >= 15 is 0 Å². The van der Waals surface area contributed by atoms with E-state index in [4.69, 9.17) is 4.74 Å². The van der Waals surface area contributed by atoms with Crippen molar-refractivity contribution in [1.29, 1.82) is 0 Å². The van der Waals surface area contributed by atoms with Crippen molar-refractivity contribution in [1.82, 2.24) is 20.1 Å². The van der Waals surface area contributed by atoms with Crippen LogP contribution in [0.5, 0.6) is 5.06 Å². The summed E-state index contributed by atoms with van der Waals surface area (Å²) in [5.74, 6) is -0.640. The van der Waals surface area contributed by atoms with E-state index in [2.05, 4.69) is 10.3 Å². The van der Waals surface area contributed by atoms with Gasteiger partial charge in [-0.25, -0.2) is 4.79 Å². The van der Waals surface area contributed by atoms with Gasteiger partial charge in [-0.1, -0.05) is 61.1 Å². The van der Waals surface area contributed by atoms with Crippen molar-refractivity contribution in [2.45, 2.75) is 50.7 Å². The van der Waals surface area contributed by atoms with E-state index in [1.807, 2.05) is 49.4 Å². The zero-order chi connectivity index (χ0) is 27.4. The molecule has 39 heavy (non-hydrogen) atoms. The number of nitrogens with one attached hydrogen (secondary N) is 1. The maximum atomic E-state index is 13.6. The van der Waals surface area contributed by atoms with Crippen molar-refractivity contribution in [2.24, 2.45) is 0 Å². The van der Waals surface area contributed by atoms with Gasteiger partial charge in [0.15, 0.2) is 10.8 Å². The average molecular weight is 547 g/mol. The second kappa shape index (κ2) is 11.8. The molecule has 1 N–H and O–H groups in total. The molecule has 4 heterocycles. The summed E-state index contributed by atoms with van der Waals surface area (Å²) in [6.45, 7) is 2.25. The first-order valence-electron chi connectivity index (χ1n) is 13.1. The molecule has 3 amide bonds. The van der Waals surface area contributed by atoms with Crippen molar-refractivity contribution in [3.8, 4) is 15.5 Å². The Kier molecular flexibility index (Phi) is 8.02. The summed E-state index contributed by atoms with van der Waals surface area (Å²) in [4.78, 5) is 60.4. The van der Waals surface area contributed by atoms with Gasteiger partial charge in [-0.2, -0.15) is 0 Å². The Hall–Kier alpha value is -4.05. The third kappa shape index (κ3) is 5.85. The van der Waals surface area contributed by atoms with Crippen LogP contribution >= 0.6 is 11.3 Å². The minimum Gasteiger partial charge on any atom is -0.399 e. The fourth-order valence-electron chi connectivity index (χ4n) is 5.31. The van der Waals surface area contributed by atoms with Crippen LogP contribution in [0.1, 0.15) is 31.7 Å². The number of rotatable bonds is 8. The van der Waals surface area contributed by atoms with Crippen LogP contribution in [0.25, 0.3) is 10.4 Å². The number of nitrogens with zero attached hydrogens (tertiary/aromatic N) is 3. The Balaban J connectivity index is 1.22. The lowest BCUT2D eigenvalue weighted by atomic mass is 10.1. The van der Waals surface area contributed by atoms with Crippen LogP contribution in [-0.2, 0) is 20.8 Å². The highest BCUT2D eigenvalue weighted by Crippen LogP contribution is 2.33. The second-order valence-corrected chi connectivity index (χ2v) is 10.8. The molecule has 0 aliphatic carbocycles. The van der Waals surface area contributed by atoms with Crippen LogP contribution in [0.3, 0.4) is 0 Å². The fraction of sp³-hybridized carbons (Fsp3) is 0.345. The number of fused-ring (bicyclic) bond motifs is 1. The van der Waals surface area contributed by atoms with Crippen LogP contribution < -0.4 is 10.1 Å². The molecule has 0 radical (unpaired) electrons. The lowest BCUT2D eigenvalue weighted by Gasteiger charge is -2.28. The fourth-order valence-corrected chi connectivity index (χ4v) is 6.17. The molecular formula is C29H30N4O5S. The molecular weight excluding hydrogens is 516 g/mol. The lowest BCUT2D eigenvalue weighted by Crippen LogP contribution is -2.53. The van der Waals surface area contributed by atoms with Gasteiger partial charge < -0.3 is 19.9 Å². The number of benzene rings is 1. The predicted molar refractivity (Wildman–Crippen MR) is 146 cm³/mol. The number of ketones is 1. The Labute approximate surface area is 230 Å². The predicted octanol–water partition coefficient (Wildman–Crippen LogP) is 3.69. The highest BCUT2D eigenvalue weighted by atomic mass is 32.1. The van der Waals surface area contributed by atoms with Crippen molar-refractivity contribution < 1.29 is 23.9 Å². The van der Waals surface area contributed by atoms with Gasteiger partial charge in [-0.3, -0.25) is 19.4 Å². The second-order valence-electron chi connectivity index (χ2n) is 9.72. The van der Waals surface area contributed by atoms with Gasteiger partial charge in [0, 0.05) is 23.8 Å². The maximum Gasteiger partial charge on any atom is 0.414 e. The molecule has 10 heteroatoms. The van der Waals surface area contributed by atoms with Gasteiger partial charge in [0.05, 0.1) is 19.0 Å². The van der Waals surface area contributed by atoms with Gasteiger partial charge in [0.2, 0.25) is 11.8 Å². The van der Waals surface area contributed by atoms with Crippen LogP contribution in [0.15, 0.2) is 67.0 Å². The average Bonchev–Trinajstić information content (AvgIpc) is 3.66. The maximum absolute atomic E-state index is 13.6. The quantitative estimate of drug-likeness (QED) is 0.462. The number of amides is 3. The van der Waals surface area contributed by atoms with E-state index in [0.29, 0.717) is 30.9 Å². The number of carbonyl (C=O) groups excluding carboxylic acids is 4. The Bertz CT molecular complexity index is 1350. The SMILES string of the molecule is CCCC(NC(=O)Oc1ccc(-c2ccccc2)s1)C(=O)N1CCC2C1C(=O)CN2C(=O)Cc1cccnc1. The van der Waals surface area contributed by atoms with Crippen LogP contribution in [0.2, 0.25) is 0 Å². The number of thiophene rings is 1. The lowest BCUT2D eigenvalue weighted by molar-refractivity contribution is -0.138. The van der Waals surface area contributed by atoms with Gasteiger partial charge in [0.25, 0.3) is 0 Å². The number of pyridine rings is 1. The van der Waals surface area contributed by atoms with E-state index in [1.165, 1.54) is 16.2 Å². The third-order valence-electron chi connectivity index (χ3n) is 7.10. The minimum atomic E-state index is -0.831. The normalized spacial score (nSPS) is 19.1. The zero-order valence-corrected chi connectivity index (χ0v) is 22.4. The minimum absolute atomic E-state index is 0.0196. The van der Waals surface area contributed by atoms with Crippen LogP contribution in [-0.4, -0.2) is 69.7 Å². The summed E-state index contributed by atoms with van der Waals surface area (Å²) < 4.78 is 5.49. The first-order chi connectivity index (χ1) is 18.9. The molecule has 3 atom stereocenters. The molecule has 2 aromatic heterocycles. The highest BCUT2D eigenvalue weighted by Gasteiger charge is 2.52. The van der Waals surface area contributed by atoms with Gasteiger partial charge in [-0.15, -0.1) is 0 Å². The number of hydrogen-bond donors (Lipinski definition) is 1. The van der Waals surface area contributed by atoms with Crippen molar-refractivity contribution in [3.05, 3.63) is 72.6 Å². The van der Waals surface area contributed by atoms with Gasteiger partial charge in [-0.05, 0) is 42.2 Å². The summed E-state index contributed by atoms with van der Waals surface area (Å²) in [6.07, 6.45) is 4.28. The standard InChI is InChI=1S/C29H30N4O5S/c1-2-7-21(31-29(37)38-26-12-11-24(39-26)20-9-4-3-5-10-20)28(36)32-15-13-22-27(32)23(34)18-33(22)25(35)16-19-8-6-14-30-17-19/h3-6,8-12,14,17,21-22,27H,2,7,13,15-16,18H2,1H3,(H,31,37). The number of carbonyl (C=O) groups is 4. The zero-order valence-electron chi connectivity index (χ0n) is 21.6. The highest BCUT2D eigenvalue weighted by molar-refractivity contribution is 7.17. The molecule has 3 aromatic rings. The third-order valence-corrected chi connectivity index (χ3v) is 8.12. The van der Waals surface area contributed by atoms with E-state index in [1.54, 1.807) is 29.4 Å². The summed E-state index contributed by atoms with van der Waals surface area (Å²) in [5.41, 5.74) is 1.80. The Morgan fingerprint density at radius 3 is 2.67 bits per heavy atom. The molecule has 9 nitrogen and oxygen atoms in total. The van der Waals surface area contributed by atoms with Crippen LogP contribution in [0.4, 0.5) is 4.79 Å². The molecule has 5 rings (SSSR count). The van der Waals surface area contributed by atoms with Gasteiger partial charge >= 0.3 is 6.09 Å². The van der Waals surface area contributed by atoms with Crippen molar-refractivity contribution in [3.63, 3.8) is 0 Å². The van der Waals surface area contributed by atoms with Crippen molar-refractivity contribution >= 4 is 35.0 Å². The molecule has 0 bridgehead atoms. The molecule has 3 unspecified atom stereocenters. The smallest absolute Gasteiger partial charge is 0.399 e. The molecule has 202 valence electrons. The molecule has 1 aromatic carbocycles. The topological polar surface area (TPSA) is 109 Å². The largest absolute Gasteiger partial charge is 0.414 e. The van der Waals surface area contributed by atoms with E-state index in [0.717, 1.165) is 16.0 Å².